The first-order valence-electron chi connectivity index (χ1n) is 9.87. The number of imide groups is 1. The molecule has 2 heterocycles. The Hall–Kier alpha value is -4.00. The van der Waals surface area contributed by atoms with Crippen molar-refractivity contribution in [1.29, 1.82) is 5.26 Å². The predicted octanol–water partition coefficient (Wildman–Crippen LogP) is 5.16. The van der Waals surface area contributed by atoms with Crippen molar-refractivity contribution in [1.82, 2.24) is 4.90 Å². The molecule has 170 valence electrons. The number of anilines is 1. The largest absolute Gasteiger partial charge is 0.495 e. The van der Waals surface area contributed by atoms with Gasteiger partial charge in [-0.15, -0.1) is 0 Å². The quantitative estimate of drug-likeness (QED) is 0.472. The van der Waals surface area contributed by atoms with Crippen LogP contribution in [0.2, 0.25) is 5.02 Å². The molecule has 0 atom stereocenters. The van der Waals surface area contributed by atoms with E-state index in [9.17, 15) is 19.6 Å². The summed E-state index contributed by atoms with van der Waals surface area (Å²) in [5, 5.41) is 11.6. The first-order valence-corrected chi connectivity index (χ1v) is 11.1. The third kappa shape index (κ3) is 4.83. The fourth-order valence-corrected chi connectivity index (χ4v) is 4.30. The summed E-state index contributed by atoms with van der Waals surface area (Å²) in [6, 6.07) is 17.1. The summed E-state index contributed by atoms with van der Waals surface area (Å²) >= 11 is 6.77. The molecule has 1 aliphatic rings. The van der Waals surface area contributed by atoms with Crippen molar-refractivity contribution in [2.24, 2.45) is 0 Å². The molecule has 1 aliphatic heterocycles. The van der Waals surface area contributed by atoms with Crippen molar-refractivity contribution in [2.45, 2.75) is 0 Å². The summed E-state index contributed by atoms with van der Waals surface area (Å²) in [6.45, 7) is -0.454. The molecule has 1 saturated heterocycles. The van der Waals surface area contributed by atoms with Gasteiger partial charge in [-0.25, -0.2) is 0 Å². The Labute approximate surface area is 203 Å². The van der Waals surface area contributed by atoms with Crippen LogP contribution < -0.4 is 10.1 Å². The van der Waals surface area contributed by atoms with Crippen LogP contribution in [-0.4, -0.2) is 35.6 Å². The molecule has 0 bridgehead atoms. The average molecular weight is 494 g/mol. The Morgan fingerprint density at radius 3 is 2.76 bits per heavy atom. The van der Waals surface area contributed by atoms with E-state index in [0.717, 1.165) is 4.90 Å². The summed E-state index contributed by atoms with van der Waals surface area (Å²) in [6.07, 6.45) is 1.44. The number of carbonyl (C=O) groups is 3. The van der Waals surface area contributed by atoms with Gasteiger partial charge in [0.25, 0.3) is 11.1 Å². The van der Waals surface area contributed by atoms with Gasteiger partial charge in [0.2, 0.25) is 5.91 Å². The van der Waals surface area contributed by atoms with Crippen LogP contribution in [0, 0.1) is 11.3 Å². The standard InChI is InChI=1S/C24H16ClN3O5S/c1-32-20-8-6-15(10-18(20)25)27-22(29)13-28-23(30)21(34-24(28)31)11-16-7-9-19(33-16)17-5-3-2-4-14(17)12-26/h2-11H,13H2,1H3,(H,27,29). The van der Waals surface area contributed by atoms with Crippen LogP contribution in [0.15, 0.2) is 63.9 Å². The topological polar surface area (TPSA) is 113 Å². The van der Waals surface area contributed by atoms with E-state index in [1.54, 1.807) is 48.5 Å². The zero-order valence-electron chi connectivity index (χ0n) is 17.7. The minimum Gasteiger partial charge on any atom is -0.495 e. The molecule has 4 rings (SSSR count). The summed E-state index contributed by atoms with van der Waals surface area (Å²) in [7, 11) is 1.47. The zero-order valence-corrected chi connectivity index (χ0v) is 19.3. The highest BCUT2D eigenvalue weighted by Crippen LogP contribution is 2.34. The number of methoxy groups -OCH3 is 1. The van der Waals surface area contributed by atoms with E-state index in [2.05, 4.69) is 11.4 Å². The second-order valence-corrected chi connectivity index (χ2v) is 8.43. The molecule has 0 saturated carbocycles. The van der Waals surface area contributed by atoms with Gasteiger partial charge >= 0.3 is 0 Å². The Balaban J connectivity index is 1.46. The number of amides is 3. The lowest BCUT2D eigenvalue weighted by Crippen LogP contribution is -2.36. The molecule has 1 N–H and O–H groups in total. The van der Waals surface area contributed by atoms with Crippen LogP contribution in [0.25, 0.3) is 17.4 Å². The van der Waals surface area contributed by atoms with E-state index in [0.29, 0.717) is 50.9 Å². The molecule has 3 aromatic rings. The van der Waals surface area contributed by atoms with Crippen molar-refractivity contribution in [3.63, 3.8) is 0 Å². The monoisotopic (exact) mass is 493 g/mol. The van der Waals surface area contributed by atoms with Crippen LogP contribution in [0.1, 0.15) is 11.3 Å². The molecule has 1 aromatic heterocycles. The highest BCUT2D eigenvalue weighted by atomic mass is 35.5. The normalized spacial score (nSPS) is 14.4. The van der Waals surface area contributed by atoms with Crippen LogP contribution in [-0.2, 0) is 9.59 Å². The second-order valence-electron chi connectivity index (χ2n) is 7.02. The average Bonchev–Trinajstić information content (AvgIpc) is 3.39. The number of rotatable bonds is 6. The zero-order chi connectivity index (χ0) is 24.2. The SMILES string of the molecule is COc1ccc(NC(=O)CN2C(=O)SC(=Cc3ccc(-c4ccccc4C#N)o3)C2=O)cc1Cl. The van der Waals surface area contributed by atoms with Gasteiger partial charge in [0.05, 0.1) is 28.7 Å². The molecule has 8 nitrogen and oxygen atoms in total. The third-order valence-electron chi connectivity index (χ3n) is 4.82. The molecule has 0 unspecified atom stereocenters. The minimum atomic E-state index is -0.603. The number of nitrogens with zero attached hydrogens (tertiary/aromatic N) is 2. The number of hydrogen-bond donors (Lipinski definition) is 1. The molecular weight excluding hydrogens is 478 g/mol. The van der Waals surface area contributed by atoms with E-state index in [1.165, 1.54) is 19.3 Å². The Bertz CT molecular complexity index is 1370. The number of thioether (sulfide) groups is 1. The highest BCUT2D eigenvalue weighted by Gasteiger charge is 2.36. The second kappa shape index (κ2) is 9.87. The summed E-state index contributed by atoms with van der Waals surface area (Å²) in [5.74, 6) is 0.0881. The van der Waals surface area contributed by atoms with Crippen molar-refractivity contribution in [3.05, 3.63) is 75.8 Å². The number of nitrogens with one attached hydrogen (secondary N) is 1. The van der Waals surface area contributed by atoms with E-state index < -0.39 is 23.6 Å². The number of carbonyl (C=O) groups excluding carboxylic acids is 3. The lowest BCUT2D eigenvalue weighted by molar-refractivity contribution is -0.127. The van der Waals surface area contributed by atoms with Gasteiger partial charge in [0.1, 0.15) is 23.8 Å². The van der Waals surface area contributed by atoms with Gasteiger partial charge < -0.3 is 14.5 Å². The first-order chi connectivity index (χ1) is 16.4. The summed E-state index contributed by atoms with van der Waals surface area (Å²) in [4.78, 5) is 38.5. The van der Waals surface area contributed by atoms with Gasteiger partial charge in [-0.05, 0) is 54.2 Å². The van der Waals surface area contributed by atoms with E-state index in [1.807, 2.05) is 0 Å². The van der Waals surface area contributed by atoms with Crippen LogP contribution >= 0.6 is 23.4 Å². The minimum absolute atomic E-state index is 0.125. The molecular formula is C24H16ClN3O5S. The maximum Gasteiger partial charge on any atom is 0.294 e. The predicted molar refractivity (Wildman–Crippen MR) is 128 cm³/mol. The van der Waals surface area contributed by atoms with Crippen molar-refractivity contribution < 1.29 is 23.5 Å². The number of nitriles is 1. The smallest absolute Gasteiger partial charge is 0.294 e. The number of halogens is 1. The van der Waals surface area contributed by atoms with Crippen LogP contribution in [0.3, 0.4) is 0 Å². The Morgan fingerprint density at radius 2 is 2.03 bits per heavy atom. The maximum atomic E-state index is 12.7. The summed E-state index contributed by atoms with van der Waals surface area (Å²) in [5.41, 5.74) is 1.47. The third-order valence-corrected chi connectivity index (χ3v) is 6.03. The number of ether oxygens (including phenoxy) is 1. The lowest BCUT2D eigenvalue weighted by atomic mass is 10.1. The first kappa shape index (κ1) is 23.2. The van der Waals surface area contributed by atoms with Crippen molar-refractivity contribution >= 4 is 52.2 Å². The van der Waals surface area contributed by atoms with Crippen LogP contribution in [0.4, 0.5) is 10.5 Å². The maximum absolute atomic E-state index is 12.7. The van der Waals surface area contributed by atoms with Gasteiger partial charge in [-0.1, -0.05) is 23.7 Å². The molecule has 0 radical (unpaired) electrons. The Morgan fingerprint density at radius 1 is 1.24 bits per heavy atom. The molecule has 1 fully saturated rings. The molecule has 0 spiro atoms. The Kier molecular flexibility index (Phi) is 6.72. The van der Waals surface area contributed by atoms with E-state index in [-0.39, 0.29) is 4.91 Å². The lowest BCUT2D eigenvalue weighted by Gasteiger charge is -2.13. The van der Waals surface area contributed by atoms with E-state index >= 15 is 0 Å². The molecule has 34 heavy (non-hydrogen) atoms. The summed E-state index contributed by atoms with van der Waals surface area (Å²) < 4.78 is 10.8. The van der Waals surface area contributed by atoms with Crippen molar-refractivity contribution in [3.8, 4) is 23.1 Å². The number of hydrogen-bond acceptors (Lipinski definition) is 7. The number of furan rings is 1. The van der Waals surface area contributed by atoms with Gasteiger partial charge in [0, 0.05) is 17.3 Å². The van der Waals surface area contributed by atoms with E-state index in [4.69, 9.17) is 20.8 Å². The van der Waals surface area contributed by atoms with Crippen LogP contribution in [0.5, 0.6) is 5.75 Å². The van der Waals surface area contributed by atoms with Gasteiger partial charge in [0.15, 0.2) is 0 Å². The van der Waals surface area contributed by atoms with Gasteiger partial charge in [-0.2, -0.15) is 5.26 Å². The molecule has 10 heteroatoms. The van der Waals surface area contributed by atoms with Gasteiger partial charge in [-0.3, -0.25) is 19.3 Å². The molecule has 2 aromatic carbocycles. The molecule has 3 amide bonds. The van der Waals surface area contributed by atoms with Crippen molar-refractivity contribution in [2.75, 3.05) is 19.0 Å². The number of benzene rings is 2. The fraction of sp³-hybridized carbons (Fsp3) is 0.0833. The molecule has 0 aliphatic carbocycles. The highest BCUT2D eigenvalue weighted by molar-refractivity contribution is 8.18. The fourth-order valence-electron chi connectivity index (χ4n) is 3.22.